The van der Waals surface area contributed by atoms with E-state index in [0.717, 1.165) is 24.5 Å². The molecule has 106 valence electrons. The van der Waals surface area contributed by atoms with Crippen LogP contribution in [0.3, 0.4) is 0 Å². The van der Waals surface area contributed by atoms with Crippen LogP contribution in [0.4, 0.5) is 0 Å². The molecule has 2 nitrogen and oxygen atoms in total. The molecule has 0 heterocycles. The number of ether oxygens (including phenoxy) is 1. The van der Waals surface area contributed by atoms with Crippen LogP contribution in [0.1, 0.15) is 31.9 Å². The van der Waals surface area contributed by atoms with Crippen LogP contribution >= 0.6 is 0 Å². The maximum Gasteiger partial charge on any atom is 0.127 e. The lowest BCUT2D eigenvalue weighted by Crippen LogP contribution is -2.21. The maximum atomic E-state index is 5.84. The Hall–Kier alpha value is -1.80. The van der Waals surface area contributed by atoms with Gasteiger partial charge in [0.15, 0.2) is 0 Å². The van der Waals surface area contributed by atoms with E-state index < -0.39 is 0 Å². The molecule has 1 N–H and O–H groups in total. The maximum absolute atomic E-state index is 5.84. The van der Waals surface area contributed by atoms with E-state index in [1.807, 2.05) is 24.3 Å². The quantitative estimate of drug-likeness (QED) is 0.831. The zero-order valence-electron chi connectivity index (χ0n) is 12.5. The molecule has 0 fully saturated rings. The van der Waals surface area contributed by atoms with Gasteiger partial charge in [-0.2, -0.15) is 0 Å². The van der Waals surface area contributed by atoms with Gasteiger partial charge in [0.1, 0.15) is 11.5 Å². The van der Waals surface area contributed by atoms with E-state index in [4.69, 9.17) is 4.74 Å². The molecule has 0 aliphatic heterocycles. The van der Waals surface area contributed by atoms with Crippen molar-refractivity contribution in [1.29, 1.82) is 0 Å². The lowest BCUT2D eigenvalue weighted by atomic mass is 10.2. The van der Waals surface area contributed by atoms with Gasteiger partial charge in [-0.05, 0) is 41.8 Å². The summed E-state index contributed by atoms with van der Waals surface area (Å²) in [5.74, 6) is 1.76. The second-order valence-electron chi connectivity index (χ2n) is 5.28. The smallest absolute Gasteiger partial charge is 0.127 e. The summed E-state index contributed by atoms with van der Waals surface area (Å²) in [4.78, 5) is 0. The van der Waals surface area contributed by atoms with Crippen molar-refractivity contribution >= 4 is 0 Å². The average molecular weight is 269 g/mol. The van der Waals surface area contributed by atoms with Gasteiger partial charge in [-0.15, -0.1) is 0 Å². The first-order chi connectivity index (χ1) is 9.67. The van der Waals surface area contributed by atoms with Crippen LogP contribution in [-0.2, 0) is 13.0 Å². The molecule has 0 saturated carbocycles. The molecule has 0 amide bonds. The van der Waals surface area contributed by atoms with Gasteiger partial charge in [-0.1, -0.05) is 45.0 Å². The Morgan fingerprint density at radius 2 is 1.35 bits per heavy atom. The summed E-state index contributed by atoms with van der Waals surface area (Å²) < 4.78 is 5.84. The van der Waals surface area contributed by atoms with Crippen LogP contribution in [0.5, 0.6) is 11.5 Å². The molecule has 2 heteroatoms. The predicted molar refractivity (Wildman–Crippen MR) is 84.3 cm³/mol. The summed E-state index contributed by atoms with van der Waals surface area (Å²) >= 11 is 0. The topological polar surface area (TPSA) is 21.3 Å². The van der Waals surface area contributed by atoms with Crippen molar-refractivity contribution in [3.63, 3.8) is 0 Å². The van der Waals surface area contributed by atoms with E-state index in [-0.39, 0.29) is 0 Å². The van der Waals surface area contributed by atoms with Crippen molar-refractivity contribution in [1.82, 2.24) is 5.32 Å². The van der Waals surface area contributed by atoms with Gasteiger partial charge in [-0.25, -0.2) is 0 Å². The van der Waals surface area contributed by atoms with E-state index in [1.165, 1.54) is 11.1 Å². The summed E-state index contributed by atoms with van der Waals surface area (Å²) in [5.41, 5.74) is 2.60. The predicted octanol–water partition coefficient (Wildman–Crippen LogP) is 4.54. The fourth-order valence-electron chi connectivity index (χ4n) is 1.93. The molecule has 0 unspecified atom stereocenters. The Balaban J connectivity index is 1.95. The third-order valence-electron chi connectivity index (χ3n) is 3.21. The summed E-state index contributed by atoms with van der Waals surface area (Å²) in [7, 11) is 0. The van der Waals surface area contributed by atoms with E-state index in [0.29, 0.717) is 6.04 Å². The molecular formula is C18H23NO. The second kappa shape index (κ2) is 7.11. The van der Waals surface area contributed by atoms with Gasteiger partial charge in [-0.3, -0.25) is 0 Å². The minimum absolute atomic E-state index is 0.503. The van der Waals surface area contributed by atoms with Crippen LogP contribution in [-0.4, -0.2) is 6.04 Å². The van der Waals surface area contributed by atoms with Crippen molar-refractivity contribution in [2.24, 2.45) is 0 Å². The Labute approximate surface area is 121 Å². The Bertz CT molecular complexity index is 514. The van der Waals surface area contributed by atoms with Crippen LogP contribution in [0.25, 0.3) is 0 Å². The molecule has 0 radical (unpaired) electrons. The zero-order chi connectivity index (χ0) is 14.4. The first-order valence-corrected chi connectivity index (χ1v) is 7.26. The van der Waals surface area contributed by atoms with Gasteiger partial charge >= 0.3 is 0 Å². The Kier molecular flexibility index (Phi) is 5.19. The minimum Gasteiger partial charge on any atom is -0.457 e. The fourth-order valence-corrected chi connectivity index (χ4v) is 1.93. The highest BCUT2D eigenvalue weighted by Crippen LogP contribution is 2.22. The van der Waals surface area contributed by atoms with Crippen molar-refractivity contribution in [3.05, 3.63) is 59.7 Å². The molecule has 0 saturated heterocycles. The Morgan fingerprint density at radius 3 is 1.80 bits per heavy atom. The normalized spacial score (nSPS) is 10.8. The number of rotatable bonds is 6. The number of benzene rings is 2. The van der Waals surface area contributed by atoms with Crippen molar-refractivity contribution in [2.75, 3.05) is 0 Å². The van der Waals surface area contributed by atoms with E-state index in [2.05, 4.69) is 50.4 Å². The molecule has 2 aromatic rings. The molecule has 0 aromatic heterocycles. The molecule has 20 heavy (non-hydrogen) atoms. The molecule has 0 bridgehead atoms. The van der Waals surface area contributed by atoms with Gasteiger partial charge in [0.2, 0.25) is 0 Å². The van der Waals surface area contributed by atoms with Gasteiger partial charge < -0.3 is 10.1 Å². The lowest BCUT2D eigenvalue weighted by molar-refractivity contribution is 0.482. The van der Waals surface area contributed by atoms with Gasteiger partial charge in [0.05, 0.1) is 0 Å². The van der Waals surface area contributed by atoms with Gasteiger partial charge in [0, 0.05) is 12.6 Å². The molecule has 0 atom stereocenters. The molecule has 0 aliphatic carbocycles. The number of nitrogens with one attached hydrogen (secondary N) is 1. The largest absolute Gasteiger partial charge is 0.457 e. The third-order valence-corrected chi connectivity index (χ3v) is 3.21. The fraction of sp³-hybridized carbons (Fsp3) is 0.333. The van der Waals surface area contributed by atoms with Crippen molar-refractivity contribution < 1.29 is 4.74 Å². The SMILES string of the molecule is CCc1ccc(Oc2ccc(CNC(C)C)cc2)cc1. The molecule has 0 spiro atoms. The molecular weight excluding hydrogens is 246 g/mol. The third kappa shape index (κ3) is 4.39. The first kappa shape index (κ1) is 14.6. The molecule has 2 rings (SSSR count). The monoisotopic (exact) mass is 269 g/mol. The van der Waals surface area contributed by atoms with Crippen LogP contribution in [0, 0.1) is 0 Å². The Morgan fingerprint density at radius 1 is 0.850 bits per heavy atom. The van der Waals surface area contributed by atoms with E-state index >= 15 is 0 Å². The van der Waals surface area contributed by atoms with Crippen molar-refractivity contribution in [2.45, 2.75) is 39.8 Å². The summed E-state index contributed by atoms with van der Waals surface area (Å²) in [6, 6.07) is 17.0. The van der Waals surface area contributed by atoms with E-state index in [1.54, 1.807) is 0 Å². The number of hydrogen-bond donors (Lipinski definition) is 1. The van der Waals surface area contributed by atoms with Crippen molar-refractivity contribution in [3.8, 4) is 11.5 Å². The number of hydrogen-bond acceptors (Lipinski definition) is 2. The summed E-state index contributed by atoms with van der Waals surface area (Å²) in [6.07, 6.45) is 1.05. The molecule has 0 aliphatic rings. The van der Waals surface area contributed by atoms with Crippen LogP contribution in [0.2, 0.25) is 0 Å². The van der Waals surface area contributed by atoms with E-state index in [9.17, 15) is 0 Å². The summed E-state index contributed by atoms with van der Waals surface area (Å²) in [5, 5.41) is 3.40. The second-order valence-corrected chi connectivity index (χ2v) is 5.28. The highest BCUT2D eigenvalue weighted by molar-refractivity contribution is 5.34. The highest BCUT2D eigenvalue weighted by atomic mass is 16.5. The van der Waals surface area contributed by atoms with Crippen LogP contribution < -0.4 is 10.1 Å². The highest BCUT2D eigenvalue weighted by Gasteiger charge is 1.99. The first-order valence-electron chi connectivity index (χ1n) is 7.26. The molecule has 2 aromatic carbocycles. The zero-order valence-corrected chi connectivity index (χ0v) is 12.5. The lowest BCUT2D eigenvalue weighted by Gasteiger charge is -2.10. The van der Waals surface area contributed by atoms with Crippen LogP contribution in [0.15, 0.2) is 48.5 Å². The minimum atomic E-state index is 0.503. The number of aryl methyl sites for hydroxylation is 1. The average Bonchev–Trinajstić information content (AvgIpc) is 2.47. The van der Waals surface area contributed by atoms with Gasteiger partial charge in [0.25, 0.3) is 0 Å². The summed E-state index contributed by atoms with van der Waals surface area (Å²) in [6.45, 7) is 7.35. The standard InChI is InChI=1S/C18H23NO/c1-4-15-5-9-17(10-6-15)20-18-11-7-16(8-12-18)13-19-14(2)3/h5-12,14,19H,4,13H2,1-3H3.